The number of hydrogen-bond donors (Lipinski definition) is 0. The molecule has 1 aromatic rings. The van der Waals surface area contributed by atoms with Gasteiger partial charge in [0.05, 0.1) is 17.7 Å². The number of aryl methyl sites for hydroxylation is 1. The molecule has 1 rings (SSSR count). The van der Waals surface area contributed by atoms with Crippen molar-refractivity contribution < 1.29 is 0 Å². The first-order chi connectivity index (χ1) is 4.84. The van der Waals surface area contributed by atoms with Gasteiger partial charge in [0.25, 0.3) is 0 Å². The average Bonchev–Trinajstić information content (AvgIpc) is 2.31. The predicted octanol–water partition coefficient (Wildman–Crippen LogP) is 1.76. The van der Waals surface area contributed by atoms with Crippen LogP contribution < -0.4 is 0 Å². The van der Waals surface area contributed by atoms with Gasteiger partial charge < -0.3 is 0 Å². The standard InChI is InChI=1S/C6H8N2OS/c1-5-6(2-3-8-9)10-4-7-5/h4H,2-3H2,1H3. The lowest BCUT2D eigenvalue weighted by Gasteiger charge is -1.89. The van der Waals surface area contributed by atoms with Crippen molar-refractivity contribution in [3.05, 3.63) is 21.0 Å². The highest BCUT2D eigenvalue weighted by atomic mass is 32.1. The summed E-state index contributed by atoms with van der Waals surface area (Å²) in [5.41, 5.74) is 2.81. The Morgan fingerprint density at radius 2 is 2.60 bits per heavy atom. The quantitative estimate of drug-likeness (QED) is 0.626. The zero-order valence-corrected chi connectivity index (χ0v) is 6.52. The summed E-state index contributed by atoms with van der Waals surface area (Å²) >= 11 is 1.58. The van der Waals surface area contributed by atoms with Crippen LogP contribution in [0.5, 0.6) is 0 Å². The summed E-state index contributed by atoms with van der Waals surface area (Å²) in [5.74, 6) is 0. The van der Waals surface area contributed by atoms with E-state index in [2.05, 4.69) is 10.2 Å². The Morgan fingerprint density at radius 1 is 1.80 bits per heavy atom. The fourth-order valence-corrected chi connectivity index (χ4v) is 1.48. The minimum absolute atomic E-state index is 0.364. The molecule has 54 valence electrons. The Kier molecular flexibility index (Phi) is 2.50. The first-order valence-corrected chi connectivity index (χ1v) is 3.90. The number of aromatic nitrogens is 1. The molecular weight excluding hydrogens is 148 g/mol. The molecule has 0 aliphatic carbocycles. The minimum Gasteiger partial charge on any atom is -0.250 e. The van der Waals surface area contributed by atoms with Crippen molar-refractivity contribution in [1.82, 2.24) is 4.98 Å². The third-order valence-corrected chi connectivity index (χ3v) is 2.27. The summed E-state index contributed by atoms with van der Waals surface area (Å²) in [6.45, 7) is 2.31. The molecule has 0 spiro atoms. The van der Waals surface area contributed by atoms with Gasteiger partial charge in [0, 0.05) is 11.3 Å². The van der Waals surface area contributed by atoms with Crippen LogP contribution in [0.4, 0.5) is 0 Å². The predicted molar refractivity (Wildman–Crippen MR) is 41.2 cm³/mol. The lowest BCUT2D eigenvalue weighted by molar-refractivity contribution is 0.962. The maximum Gasteiger partial charge on any atom is 0.0860 e. The smallest absolute Gasteiger partial charge is 0.0860 e. The van der Waals surface area contributed by atoms with Gasteiger partial charge in [-0.25, -0.2) is 4.98 Å². The van der Waals surface area contributed by atoms with Gasteiger partial charge in [-0.15, -0.1) is 11.3 Å². The summed E-state index contributed by atoms with van der Waals surface area (Å²) in [6, 6.07) is 0. The van der Waals surface area contributed by atoms with Crippen molar-refractivity contribution in [3.63, 3.8) is 0 Å². The molecule has 10 heavy (non-hydrogen) atoms. The van der Waals surface area contributed by atoms with Gasteiger partial charge in [-0.2, -0.15) is 4.91 Å². The fraction of sp³-hybridized carbons (Fsp3) is 0.500. The topological polar surface area (TPSA) is 42.3 Å². The van der Waals surface area contributed by atoms with Crippen LogP contribution >= 0.6 is 11.3 Å². The van der Waals surface area contributed by atoms with Crippen LogP contribution in [-0.4, -0.2) is 11.5 Å². The van der Waals surface area contributed by atoms with E-state index in [9.17, 15) is 4.91 Å². The highest BCUT2D eigenvalue weighted by Gasteiger charge is 1.99. The Labute approximate surface area is 63.1 Å². The van der Waals surface area contributed by atoms with Gasteiger partial charge in [0.15, 0.2) is 0 Å². The van der Waals surface area contributed by atoms with Crippen molar-refractivity contribution in [2.24, 2.45) is 5.18 Å². The van der Waals surface area contributed by atoms with Crippen LogP contribution in [0.1, 0.15) is 10.6 Å². The molecule has 0 saturated carbocycles. The number of thiazole rings is 1. The largest absolute Gasteiger partial charge is 0.250 e. The van der Waals surface area contributed by atoms with Crippen LogP contribution in [-0.2, 0) is 6.42 Å². The van der Waals surface area contributed by atoms with Crippen LogP contribution in [0.3, 0.4) is 0 Å². The lowest BCUT2D eigenvalue weighted by atomic mass is 10.3. The van der Waals surface area contributed by atoms with Gasteiger partial charge in [0.1, 0.15) is 0 Å². The van der Waals surface area contributed by atoms with Gasteiger partial charge in [-0.3, -0.25) is 0 Å². The second kappa shape index (κ2) is 3.41. The summed E-state index contributed by atoms with van der Waals surface area (Å²) in [7, 11) is 0. The average molecular weight is 156 g/mol. The molecule has 0 amide bonds. The number of hydrogen-bond acceptors (Lipinski definition) is 4. The van der Waals surface area contributed by atoms with Crippen LogP contribution in [0.2, 0.25) is 0 Å². The first kappa shape index (κ1) is 7.34. The van der Waals surface area contributed by atoms with E-state index in [-0.39, 0.29) is 0 Å². The van der Waals surface area contributed by atoms with E-state index in [4.69, 9.17) is 0 Å². The van der Waals surface area contributed by atoms with E-state index in [1.807, 2.05) is 6.92 Å². The molecule has 0 unspecified atom stereocenters. The normalized spacial score (nSPS) is 9.70. The third-order valence-electron chi connectivity index (χ3n) is 1.28. The van der Waals surface area contributed by atoms with Gasteiger partial charge >= 0.3 is 0 Å². The highest BCUT2D eigenvalue weighted by Crippen LogP contribution is 2.12. The molecule has 1 aromatic heterocycles. The van der Waals surface area contributed by atoms with E-state index < -0.39 is 0 Å². The van der Waals surface area contributed by atoms with E-state index in [1.165, 1.54) is 4.88 Å². The molecule has 0 aliphatic rings. The molecule has 0 aromatic carbocycles. The van der Waals surface area contributed by atoms with Gasteiger partial charge in [-0.1, -0.05) is 5.18 Å². The zero-order valence-electron chi connectivity index (χ0n) is 5.70. The SMILES string of the molecule is Cc1ncsc1CCN=O. The van der Waals surface area contributed by atoms with E-state index in [1.54, 1.807) is 16.8 Å². The van der Waals surface area contributed by atoms with Crippen LogP contribution in [0.25, 0.3) is 0 Å². The van der Waals surface area contributed by atoms with Crippen molar-refractivity contribution in [2.75, 3.05) is 6.54 Å². The molecule has 0 N–H and O–H groups in total. The van der Waals surface area contributed by atoms with E-state index in [0.29, 0.717) is 6.54 Å². The van der Waals surface area contributed by atoms with Crippen LogP contribution in [0, 0.1) is 11.8 Å². The summed E-state index contributed by atoms with van der Waals surface area (Å²) in [6.07, 6.45) is 0.736. The van der Waals surface area contributed by atoms with Crippen molar-refractivity contribution in [3.8, 4) is 0 Å². The van der Waals surface area contributed by atoms with Gasteiger partial charge in [-0.05, 0) is 6.92 Å². The summed E-state index contributed by atoms with van der Waals surface area (Å²) in [5, 5.41) is 2.78. The molecule has 0 atom stereocenters. The molecule has 1 heterocycles. The van der Waals surface area contributed by atoms with Gasteiger partial charge in [0.2, 0.25) is 0 Å². The van der Waals surface area contributed by atoms with Crippen molar-refractivity contribution in [1.29, 1.82) is 0 Å². The lowest BCUT2D eigenvalue weighted by Crippen LogP contribution is -1.87. The Balaban J connectivity index is 2.56. The zero-order chi connectivity index (χ0) is 7.40. The Morgan fingerprint density at radius 3 is 3.10 bits per heavy atom. The monoisotopic (exact) mass is 156 g/mol. The molecule has 0 fully saturated rings. The maximum absolute atomic E-state index is 9.75. The van der Waals surface area contributed by atoms with Crippen molar-refractivity contribution in [2.45, 2.75) is 13.3 Å². The summed E-state index contributed by atoms with van der Waals surface area (Å²) in [4.78, 5) is 15.0. The van der Waals surface area contributed by atoms with Crippen LogP contribution in [0.15, 0.2) is 10.7 Å². The Hall–Kier alpha value is -0.770. The number of nitroso groups, excluding NO2 is 1. The highest BCUT2D eigenvalue weighted by molar-refractivity contribution is 7.09. The second-order valence-electron chi connectivity index (χ2n) is 1.96. The molecule has 0 aliphatic heterocycles. The van der Waals surface area contributed by atoms with E-state index >= 15 is 0 Å². The third kappa shape index (κ3) is 1.60. The molecule has 0 saturated heterocycles. The molecule has 4 heteroatoms. The maximum atomic E-state index is 9.75. The molecule has 0 radical (unpaired) electrons. The number of nitrogens with zero attached hydrogens (tertiary/aromatic N) is 2. The van der Waals surface area contributed by atoms with Crippen molar-refractivity contribution >= 4 is 11.3 Å². The second-order valence-corrected chi connectivity index (χ2v) is 2.90. The first-order valence-electron chi connectivity index (χ1n) is 3.02. The van der Waals surface area contributed by atoms with E-state index in [0.717, 1.165) is 12.1 Å². The Bertz CT molecular complexity index is 221. The minimum atomic E-state index is 0.364. The molecule has 3 nitrogen and oxygen atoms in total. The fourth-order valence-electron chi connectivity index (χ4n) is 0.713. The number of rotatable bonds is 3. The summed E-state index contributed by atoms with van der Waals surface area (Å²) < 4.78 is 0. The molecule has 0 bridgehead atoms. The molecular formula is C6H8N2OS.